The van der Waals surface area contributed by atoms with Crippen LogP contribution in [0, 0.1) is 6.92 Å². The second-order valence-corrected chi connectivity index (χ2v) is 10.9. The first-order valence-electron chi connectivity index (χ1n) is 11.7. The van der Waals surface area contributed by atoms with Crippen molar-refractivity contribution in [3.8, 4) is 11.1 Å². The first-order valence-corrected chi connectivity index (χ1v) is 13.3. The lowest BCUT2D eigenvalue weighted by Gasteiger charge is -2.05. The summed E-state index contributed by atoms with van der Waals surface area (Å²) in [6.45, 7) is 4.46. The molecule has 0 N–H and O–H groups in total. The molecule has 0 aliphatic heterocycles. The molecule has 0 nitrogen and oxygen atoms in total. The molecule has 5 aromatic rings. The molecular weight excluding hydrogens is 412 g/mol. The van der Waals surface area contributed by atoms with Gasteiger partial charge in [-0.05, 0) is 54.2 Å². The van der Waals surface area contributed by atoms with E-state index in [1.807, 2.05) is 22.7 Å². The lowest BCUT2D eigenvalue weighted by Crippen LogP contribution is -1.87. The van der Waals surface area contributed by atoms with Gasteiger partial charge in [0.2, 0.25) is 0 Å². The van der Waals surface area contributed by atoms with Crippen molar-refractivity contribution in [2.45, 2.75) is 58.8 Å². The molecule has 0 radical (unpaired) electrons. The molecule has 3 aromatic carbocycles. The summed E-state index contributed by atoms with van der Waals surface area (Å²) < 4.78 is 5.70. The first kappa shape index (κ1) is 20.7. The third-order valence-corrected chi connectivity index (χ3v) is 8.85. The van der Waals surface area contributed by atoms with Gasteiger partial charge in [0, 0.05) is 20.2 Å². The highest BCUT2D eigenvalue weighted by Gasteiger charge is 2.13. The predicted molar refractivity (Wildman–Crippen MR) is 142 cm³/mol. The van der Waals surface area contributed by atoms with Gasteiger partial charge in [-0.2, -0.15) is 0 Å². The summed E-state index contributed by atoms with van der Waals surface area (Å²) in [5, 5.41) is 2.81. The molecule has 0 atom stereocenters. The van der Waals surface area contributed by atoms with E-state index in [9.17, 15) is 0 Å². The van der Waals surface area contributed by atoms with Crippen LogP contribution in [0.4, 0.5) is 0 Å². The van der Waals surface area contributed by atoms with Gasteiger partial charge in [0.05, 0.1) is 9.40 Å². The number of fused-ring (bicyclic) bond motifs is 5. The van der Waals surface area contributed by atoms with Crippen LogP contribution >= 0.6 is 22.7 Å². The summed E-state index contributed by atoms with van der Waals surface area (Å²) in [6.07, 6.45) is 9.38. The molecule has 2 aromatic heterocycles. The number of hydrogen-bond acceptors (Lipinski definition) is 2. The van der Waals surface area contributed by atoms with E-state index in [-0.39, 0.29) is 0 Å². The summed E-state index contributed by atoms with van der Waals surface area (Å²) in [6, 6.07) is 23.1. The van der Waals surface area contributed by atoms with Gasteiger partial charge in [-0.3, -0.25) is 0 Å². The van der Waals surface area contributed by atoms with Crippen LogP contribution in [0.3, 0.4) is 0 Å². The molecule has 0 saturated heterocycles. The van der Waals surface area contributed by atoms with E-state index in [1.54, 1.807) is 0 Å². The van der Waals surface area contributed by atoms with Crippen molar-refractivity contribution < 1.29 is 0 Å². The Morgan fingerprint density at radius 2 is 1.23 bits per heavy atom. The second-order valence-electron chi connectivity index (χ2n) is 8.79. The van der Waals surface area contributed by atoms with E-state index in [0.29, 0.717) is 0 Å². The number of benzene rings is 3. The molecular formula is C29H30S2. The fourth-order valence-electron chi connectivity index (χ4n) is 4.52. The fraction of sp³-hybridized carbons (Fsp3) is 0.310. The van der Waals surface area contributed by atoms with E-state index in [1.165, 1.54) is 96.8 Å². The van der Waals surface area contributed by atoms with Crippen molar-refractivity contribution >= 4 is 52.2 Å². The monoisotopic (exact) mass is 442 g/mol. The van der Waals surface area contributed by atoms with Crippen LogP contribution in [0.1, 0.15) is 56.6 Å². The van der Waals surface area contributed by atoms with Crippen LogP contribution in [0.15, 0.2) is 60.7 Å². The van der Waals surface area contributed by atoms with Gasteiger partial charge in [-0.1, -0.05) is 87.6 Å². The van der Waals surface area contributed by atoms with Gasteiger partial charge in [0.1, 0.15) is 0 Å². The molecule has 158 valence electrons. The van der Waals surface area contributed by atoms with Gasteiger partial charge >= 0.3 is 0 Å². The zero-order chi connectivity index (χ0) is 21.2. The smallest absolute Gasteiger partial charge is 0.0542 e. The predicted octanol–water partition coefficient (Wildman–Crippen LogP) is 10.1. The Labute approximate surface area is 193 Å². The van der Waals surface area contributed by atoms with Crippen molar-refractivity contribution in [3.63, 3.8) is 0 Å². The van der Waals surface area contributed by atoms with Crippen LogP contribution < -0.4 is 0 Å². The van der Waals surface area contributed by atoms with Crippen molar-refractivity contribution in [2.75, 3.05) is 0 Å². The van der Waals surface area contributed by atoms with Gasteiger partial charge in [0.15, 0.2) is 0 Å². The highest BCUT2D eigenvalue weighted by molar-refractivity contribution is 7.36. The standard InChI is InChI=1S/C29H30S2/c1-3-4-5-6-7-8-9-21-11-13-22(14-12-21)23-15-17-25-27(19-23)31-28-24-16-10-20(2)18-26(24)30-29(25)28/h10-19H,3-9H2,1-2H3. The van der Waals surface area contributed by atoms with Crippen LogP contribution in [-0.4, -0.2) is 0 Å². The molecule has 0 saturated carbocycles. The summed E-state index contributed by atoms with van der Waals surface area (Å²) in [7, 11) is 0. The Kier molecular flexibility index (Phi) is 6.11. The lowest BCUT2D eigenvalue weighted by atomic mass is 10.0. The van der Waals surface area contributed by atoms with E-state index < -0.39 is 0 Å². The maximum Gasteiger partial charge on any atom is 0.0542 e. The van der Waals surface area contributed by atoms with Crippen molar-refractivity contribution in [1.29, 1.82) is 0 Å². The molecule has 0 fully saturated rings. The highest BCUT2D eigenvalue weighted by atomic mass is 32.1. The summed E-state index contributed by atoms with van der Waals surface area (Å²) >= 11 is 3.88. The number of hydrogen-bond donors (Lipinski definition) is 0. The minimum atomic E-state index is 1.21. The Hall–Kier alpha value is -2.16. The van der Waals surface area contributed by atoms with Gasteiger partial charge in [-0.25, -0.2) is 0 Å². The van der Waals surface area contributed by atoms with Crippen molar-refractivity contribution in [3.05, 3.63) is 71.8 Å². The molecule has 0 spiro atoms. The minimum absolute atomic E-state index is 1.21. The highest BCUT2D eigenvalue weighted by Crippen LogP contribution is 2.45. The lowest BCUT2D eigenvalue weighted by molar-refractivity contribution is 0.607. The molecule has 0 aliphatic carbocycles. The average molecular weight is 443 g/mol. The third-order valence-electron chi connectivity index (χ3n) is 6.34. The topological polar surface area (TPSA) is 0 Å². The molecule has 0 amide bonds. The third kappa shape index (κ3) is 4.29. The molecule has 0 aliphatic rings. The summed E-state index contributed by atoms with van der Waals surface area (Å²) in [4.78, 5) is 0. The van der Waals surface area contributed by atoms with E-state index in [4.69, 9.17) is 0 Å². The largest absolute Gasteiger partial charge is 0.134 e. The van der Waals surface area contributed by atoms with Crippen molar-refractivity contribution in [1.82, 2.24) is 0 Å². The van der Waals surface area contributed by atoms with Crippen LogP contribution in [0.25, 0.3) is 40.7 Å². The van der Waals surface area contributed by atoms with E-state index >= 15 is 0 Å². The second kappa shape index (κ2) is 9.14. The Balaban J connectivity index is 1.34. The molecule has 31 heavy (non-hydrogen) atoms. The van der Waals surface area contributed by atoms with Gasteiger partial charge in [-0.15, -0.1) is 22.7 Å². The molecule has 0 unspecified atom stereocenters. The zero-order valence-corrected chi connectivity index (χ0v) is 20.2. The Morgan fingerprint density at radius 3 is 1.97 bits per heavy atom. The van der Waals surface area contributed by atoms with Crippen molar-refractivity contribution in [2.24, 2.45) is 0 Å². The van der Waals surface area contributed by atoms with Gasteiger partial charge in [0.25, 0.3) is 0 Å². The Morgan fingerprint density at radius 1 is 0.613 bits per heavy atom. The first-order chi connectivity index (χ1) is 15.2. The van der Waals surface area contributed by atoms with E-state index in [0.717, 1.165) is 0 Å². The SMILES string of the molecule is CCCCCCCCc1ccc(-c2ccc3c(c2)sc2c4ccc(C)cc4sc32)cc1. The average Bonchev–Trinajstić information content (AvgIpc) is 3.31. The zero-order valence-electron chi connectivity index (χ0n) is 18.5. The fourth-order valence-corrected chi connectivity index (χ4v) is 7.31. The van der Waals surface area contributed by atoms with Gasteiger partial charge < -0.3 is 0 Å². The van der Waals surface area contributed by atoms with Crippen LogP contribution in [-0.2, 0) is 6.42 Å². The minimum Gasteiger partial charge on any atom is -0.134 e. The number of aryl methyl sites for hydroxylation is 2. The number of rotatable bonds is 8. The van der Waals surface area contributed by atoms with Crippen LogP contribution in [0.2, 0.25) is 0 Å². The molecule has 2 heteroatoms. The summed E-state index contributed by atoms with van der Waals surface area (Å²) in [5.74, 6) is 0. The maximum atomic E-state index is 2.38. The molecule has 5 rings (SSSR count). The molecule has 2 heterocycles. The summed E-state index contributed by atoms with van der Waals surface area (Å²) in [5.41, 5.74) is 5.46. The van der Waals surface area contributed by atoms with Crippen LogP contribution in [0.5, 0.6) is 0 Å². The quantitative estimate of drug-likeness (QED) is 0.210. The Bertz CT molecular complexity index is 1320. The number of thiophene rings is 2. The molecule has 0 bridgehead atoms. The number of unbranched alkanes of at least 4 members (excludes halogenated alkanes) is 5. The maximum absolute atomic E-state index is 2.38. The van der Waals surface area contributed by atoms with E-state index in [2.05, 4.69) is 74.5 Å². The normalized spacial score (nSPS) is 11.8.